The summed E-state index contributed by atoms with van der Waals surface area (Å²) >= 11 is 0. The summed E-state index contributed by atoms with van der Waals surface area (Å²) in [6.07, 6.45) is 0.596. The highest BCUT2D eigenvalue weighted by molar-refractivity contribution is 5.93. The molecular formula is C11H8N2O2. The van der Waals surface area contributed by atoms with Gasteiger partial charge in [0.1, 0.15) is 5.69 Å². The standard InChI is InChI=1S/C11H8N2O2/c12-7-15-11(14)10-6-5-8-3-1-2-4-9(8)13-10/h1-7,12H. The van der Waals surface area contributed by atoms with Gasteiger partial charge in [-0.15, -0.1) is 0 Å². The highest BCUT2D eigenvalue weighted by atomic mass is 16.5. The van der Waals surface area contributed by atoms with Gasteiger partial charge in [0, 0.05) is 5.39 Å². The van der Waals surface area contributed by atoms with Crippen LogP contribution in [0.15, 0.2) is 36.4 Å². The van der Waals surface area contributed by atoms with E-state index in [4.69, 9.17) is 5.41 Å². The molecule has 0 aliphatic rings. The number of carbonyl (C=O) groups excluding carboxylic acids is 1. The zero-order chi connectivity index (χ0) is 10.7. The van der Waals surface area contributed by atoms with Crippen LogP contribution in [0.25, 0.3) is 10.9 Å². The Morgan fingerprint density at radius 1 is 1.27 bits per heavy atom. The van der Waals surface area contributed by atoms with Crippen molar-refractivity contribution in [2.24, 2.45) is 0 Å². The fraction of sp³-hybridized carbons (Fsp3) is 0. The molecule has 0 atom stereocenters. The summed E-state index contributed by atoms with van der Waals surface area (Å²) in [7, 11) is 0. The maximum absolute atomic E-state index is 11.3. The largest absolute Gasteiger partial charge is 0.410 e. The average molecular weight is 200 g/mol. The number of nitrogens with zero attached hydrogens (tertiary/aromatic N) is 1. The number of benzene rings is 1. The van der Waals surface area contributed by atoms with Crippen LogP contribution in [-0.2, 0) is 4.74 Å². The number of aromatic nitrogens is 1. The van der Waals surface area contributed by atoms with E-state index in [-0.39, 0.29) is 5.69 Å². The minimum Gasteiger partial charge on any atom is -0.410 e. The van der Waals surface area contributed by atoms with E-state index in [2.05, 4.69) is 9.72 Å². The van der Waals surface area contributed by atoms with E-state index >= 15 is 0 Å². The maximum Gasteiger partial charge on any atom is 0.363 e. The summed E-state index contributed by atoms with van der Waals surface area (Å²) in [5, 5.41) is 7.61. The van der Waals surface area contributed by atoms with Crippen LogP contribution in [0.2, 0.25) is 0 Å². The zero-order valence-electron chi connectivity index (χ0n) is 7.81. The topological polar surface area (TPSA) is 63.0 Å². The number of hydrogen-bond acceptors (Lipinski definition) is 4. The molecule has 2 rings (SSSR count). The van der Waals surface area contributed by atoms with Crippen LogP contribution in [0, 0.1) is 5.41 Å². The lowest BCUT2D eigenvalue weighted by molar-refractivity contribution is 0.0721. The molecule has 4 heteroatoms. The predicted molar refractivity (Wildman–Crippen MR) is 55.9 cm³/mol. The van der Waals surface area contributed by atoms with Gasteiger partial charge < -0.3 is 4.74 Å². The molecule has 0 aliphatic heterocycles. The summed E-state index contributed by atoms with van der Waals surface area (Å²) < 4.78 is 4.42. The number of pyridine rings is 1. The summed E-state index contributed by atoms with van der Waals surface area (Å²) in [6, 6.07) is 10.8. The van der Waals surface area contributed by atoms with Crippen molar-refractivity contribution in [1.29, 1.82) is 5.41 Å². The molecule has 15 heavy (non-hydrogen) atoms. The quantitative estimate of drug-likeness (QED) is 0.458. The van der Waals surface area contributed by atoms with Gasteiger partial charge in [0.2, 0.25) is 0 Å². The molecule has 1 heterocycles. The average Bonchev–Trinajstić information content (AvgIpc) is 2.29. The molecule has 0 unspecified atom stereocenters. The molecule has 0 saturated carbocycles. The van der Waals surface area contributed by atoms with E-state index < -0.39 is 5.97 Å². The number of rotatable bonds is 2. The Kier molecular flexibility index (Phi) is 2.41. The first-order valence-corrected chi connectivity index (χ1v) is 4.37. The van der Waals surface area contributed by atoms with Crippen LogP contribution in [0.4, 0.5) is 0 Å². The van der Waals surface area contributed by atoms with Crippen molar-refractivity contribution < 1.29 is 9.53 Å². The normalized spacial score (nSPS) is 9.87. The van der Waals surface area contributed by atoms with Gasteiger partial charge in [0.05, 0.1) is 5.52 Å². The van der Waals surface area contributed by atoms with Gasteiger partial charge in [-0.05, 0) is 12.1 Å². The van der Waals surface area contributed by atoms with E-state index in [9.17, 15) is 4.79 Å². The molecule has 1 N–H and O–H groups in total. The lowest BCUT2D eigenvalue weighted by Crippen LogP contribution is -2.05. The van der Waals surface area contributed by atoms with Gasteiger partial charge in [0.25, 0.3) is 0 Å². The number of carbonyl (C=O) groups is 1. The van der Waals surface area contributed by atoms with Crippen molar-refractivity contribution in [3.63, 3.8) is 0 Å². The molecule has 2 aromatic rings. The third-order valence-corrected chi connectivity index (χ3v) is 1.97. The number of ether oxygens (including phenoxy) is 1. The molecule has 4 nitrogen and oxygen atoms in total. The number of nitrogens with one attached hydrogen (secondary N) is 1. The van der Waals surface area contributed by atoms with E-state index in [1.807, 2.05) is 24.3 Å². The van der Waals surface area contributed by atoms with E-state index in [0.29, 0.717) is 6.40 Å². The Labute approximate surface area is 86.0 Å². The molecule has 0 amide bonds. The minimum absolute atomic E-state index is 0.206. The first kappa shape index (κ1) is 9.33. The summed E-state index contributed by atoms with van der Waals surface area (Å²) in [5.74, 6) is -0.615. The fourth-order valence-electron chi connectivity index (χ4n) is 1.29. The molecule has 0 saturated heterocycles. The van der Waals surface area contributed by atoms with Crippen LogP contribution in [0.5, 0.6) is 0 Å². The van der Waals surface area contributed by atoms with Crippen molar-refractivity contribution in [3.05, 3.63) is 42.1 Å². The molecule has 74 valence electrons. The Morgan fingerprint density at radius 3 is 2.87 bits per heavy atom. The molecule has 0 bridgehead atoms. The second kappa shape index (κ2) is 3.88. The van der Waals surface area contributed by atoms with Gasteiger partial charge in [-0.1, -0.05) is 24.3 Å². The monoisotopic (exact) mass is 200 g/mol. The van der Waals surface area contributed by atoms with E-state index in [1.165, 1.54) is 0 Å². The molecular weight excluding hydrogens is 192 g/mol. The zero-order valence-corrected chi connectivity index (χ0v) is 7.81. The predicted octanol–water partition coefficient (Wildman–Crippen LogP) is 2.00. The minimum atomic E-state index is -0.615. The van der Waals surface area contributed by atoms with Crippen molar-refractivity contribution in [3.8, 4) is 0 Å². The van der Waals surface area contributed by atoms with E-state index in [0.717, 1.165) is 10.9 Å². The number of esters is 1. The van der Waals surface area contributed by atoms with Gasteiger partial charge in [-0.3, -0.25) is 5.41 Å². The second-order valence-corrected chi connectivity index (χ2v) is 2.91. The van der Waals surface area contributed by atoms with Crippen molar-refractivity contribution in [2.45, 2.75) is 0 Å². The van der Waals surface area contributed by atoms with Crippen LogP contribution in [-0.4, -0.2) is 17.4 Å². The molecule has 0 radical (unpaired) electrons. The Hall–Kier alpha value is -2.23. The highest BCUT2D eigenvalue weighted by Crippen LogP contribution is 2.11. The van der Waals surface area contributed by atoms with Crippen LogP contribution in [0.3, 0.4) is 0 Å². The SMILES string of the molecule is N=COC(=O)c1ccc2ccccc2n1. The van der Waals surface area contributed by atoms with Crippen LogP contribution < -0.4 is 0 Å². The fourth-order valence-corrected chi connectivity index (χ4v) is 1.29. The van der Waals surface area contributed by atoms with Crippen LogP contribution >= 0.6 is 0 Å². The first-order valence-electron chi connectivity index (χ1n) is 4.37. The lowest BCUT2D eigenvalue weighted by Gasteiger charge is -2.00. The van der Waals surface area contributed by atoms with Gasteiger partial charge in [-0.25, -0.2) is 9.78 Å². The second-order valence-electron chi connectivity index (χ2n) is 2.91. The van der Waals surface area contributed by atoms with Gasteiger partial charge in [0.15, 0.2) is 6.40 Å². The molecule has 0 spiro atoms. The Balaban J connectivity index is 2.46. The number of para-hydroxylation sites is 1. The molecule has 0 aliphatic carbocycles. The maximum atomic E-state index is 11.3. The van der Waals surface area contributed by atoms with E-state index in [1.54, 1.807) is 12.1 Å². The molecule has 0 fully saturated rings. The van der Waals surface area contributed by atoms with Crippen molar-refractivity contribution in [2.75, 3.05) is 0 Å². The summed E-state index contributed by atoms with van der Waals surface area (Å²) in [6.45, 7) is 0. The van der Waals surface area contributed by atoms with Crippen molar-refractivity contribution >= 4 is 23.3 Å². The first-order chi connectivity index (χ1) is 7.31. The third-order valence-electron chi connectivity index (χ3n) is 1.97. The number of fused-ring (bicyclic) bond motifs is 1. The summed E-state index contributed by atoms with van der Waals surface area (Å²) in [5.41, 5.74) is 0.939. The molecule has 1 aromatic heterocycles. The molecule has 1 aromatic carbocycles. The number of hydrogen-bond donors (Lipinski definition) is 1. The highest BCUT2D eigenvalue weighted by Gasteiger charge is 2.07. The lowest BCUT2D eigenvalue weighted by atomic mass is 10.2. The van der Waals surface area contributed by atoms with Gasteiger partial charge >= 0.3 is 5.97 Å². The Morgan fingerprint density at radius 2 is 2.07 bits per heavy atom. The van der Waals surface area contributed by atoms with Crippen LogP contribution in [0.1, 0.15) is 10.5 Å². The van der Waals surface area contributed by atoms with Gasteiger partial charge in [-0.2, -0.15) is 0 Å². The Bertz CT molecular complexity index is 523. The smallest absolute Gasteiger partial charge is 0.363 e. The summed E-state index contributed by atoms with van der Waals surface area (Å²) in [4.78, 5) is 15.4. The van der Waals surface area contributed by atoms with Crippen molar-refractivity contribution in [1.82, 2.24) is 4.98 Å². The third kappa shape index (κ3) is 1.83.